The summed E-state index contributed by atoms with van der Waals surface area (Å²) < 4.78 is 0. The van der Waals surface area contributed by atoms with Gasteiger partial charge in [0, 0.05) is 16.6 Å². The van der Waals surface area contributed by atoms with Crippen molar-refractivity contribution in [3.8, 4) is 0 Å². The lowest BCUT2D eigenvalue weighted by Gasteiger charge is -2.24. The minimum atomic E-state index is -0.926. The SMILES string of the molecule is O=C(O)[C@H]1CC=CC[C@@H]1C(=O)NCCc1ccc(Cl)cc1Cl. The number of carboxylic acids is 1. The Morgan fingerprint density at radius 2 is 1.86 bits per heavy atom. The van der Waals surface area contributed by atoms with Crippen molar-refractivity contribution in [3.63, 3.8) is 0 Å². The van der Waals surface area contributed by atoms with Crippen molar-refractivity contribution in [2.45, 2.75) is 19.3 Å². The van der Waals surface area contributed by atoms with Gasteiger partial charge in [-0.2, -0.15) is 0 Å². The summed E-state index contributed by atoms with van der Waals surface area (Å²) in [6.07, 6.45) is 5.11. The highest BCUT2D eigenvalue weighted by molar-refractivity contribution is 6.35. The van der Waals surface area contributed by atoms with Crippen LogP contribution in [0, 0.1) is 11.8 Å². The minimum absolute atomic E-state index is 0.221. The number of rotatable bonds is 5. The largest absolute Gasteiger partial charge is 0.481 e. The molecule has 1 aromatic rings. The van der Waals surface area contributed by atoms with Crippen LogP contribution >= 0.6 is 23.2 Å². The Morgan fingerprint density at radius 1 is 1.18 bits per heavy atom. The quantitative estimate of drug-likeness (QED) is 0.807. The molecular formula is C16H17Cl2NO3. The van der Waals surface area contributed by atoms with E-state index in [4.69, 9.17) is 23.2 Å². The van der Waals surface area contributed by atoms with Crippen molar-refractivity contribution >= 4 is 35.1 Å². The molecule has 0 bridgehead atoms. The van der Waals surface area contributed by atoms with E-state index < -0.39 is 17.8 Å². The van der Waals surface area contributed by atoms with Crippen molar-refractivity contribution in [1.82, 2.24) is 5.32 Å². The third-order valence-corrected chi connectivity index (χ3v) is 4.38. The number of amides is 1. The molecular weight excluding hydrogens is 325 g/mol. The summed E-state index contributed by atoms with van der Waals surface area (Å²) in [5.41, 5.74) is 0.893. The van der Waals surface area contributed by atoms with E-state index in [-0.39, 0.29) is 5.91 Å². The van der Waals surface area contributed by atoms with E-state index >= 15 is 0 Å². The van der Waals surface area contributed by atoms with Crippen molar-refractivity contribution in [2.24, 2.45) is 11.8 Å². The molecule has 0 spiro atoms. The van der Waals surface area contributed by atoms with Crippen molar-refractivity contribution in [3.05, 3.63) is 46.0 Å². The third-order valence-electron chi connectivity index (χ3n) is 3.80. The zero-order chi connectivity index (χ0) is 16.1. The van der Waals surface area contributed by atoms with Gasteiger partial charge in [-0.1, -0.05) is 41.4 Å². The van der Waals surface area contributed by atoms with Gasteiger partial charge < -0.3 is 10.4 Å². The molecule has 0 saturated carbocycles. The molecule has 22 heavy (non-hydrogen) atoms. The van der Waals surface area contributed by atoms with Gasteiger partial charge >= 0.3 is 5.97 Å². The second-order valence-corrected chi connectivity index (χ2v) is 6.11. The average Bonchev–Trinajstić information content (AvgIpc) is 2.49. The van der Waals surface area contributed by atoms with Crippen LogP contribution in [0.4, 0.5) is 0 Å². The Balaban J connectivity index is 1.89. The Kier molecular flexibility index (Phi) is 5.86. The molecule has 0 fully saturated rings. The number of hydrogen-bond acceptors (Lipinski definition) is 2. The van der Waals surface area contributed by atoms with Crippen LogP contribution in [-0.2, 0) is 16.0 Å². The molecule has 118 valence electrons. The van der Waals surface area contributed by atoms with Gasteiger partial charge in [0.05, 0.1) is 11.8 Å². The first-order chi connectivity index (χ1) is 10.5. The number of allylic oxidation sites excluding steroid dienone is 2. The van der Waals surface area contributed by atoms with Crippen molar-refractivity contribution in [1.29, 1.82) is 0 Å². The number of halogens is 2. The first-order valence-electron chi connectivity index (χ1n) is 7.08. The fourth-order valence-electron chi connectivity index (χ4n) is 2.55. The van der Waals surface area contributed by atoms with Gasteiger partial charge in [0.1, 0.15) is 0 Å². The molecule has 0 saturated heterocycles. The lowest BCUT2D eigenvalue weighted by molar-refractivity contribution is -0.147. The van der Waals surface area contributed by atoms with Crippen LogP contribution in [0.1, 0.15) is 18.4 Å². The number of hydrogen-bond donors (Lipinski definition) is 2. The Bertz CT molecular complexity index is 601. The van der Waals surface area contributed by atoms with Crippen LogP contribution in [0.3, 0.4) is 0 Å². The highest BCUT2D eigenvalue weighted by Crippen LogP contribution is 2.26. The van der Waals surface area contributed by atoms with Crippen LogP contribution in [-0.4, -0.2) is 23.5 Å². The maximum absolute atomic E-state index is 12.2. The van der Waals surface area contributed by atoms with Crippen LogP contribution in [0.15, 0.2) is 30.4 Å². The van der Waals surface area contributed by atoms with E-state index in [0.717, 1.165) is 5.56 Å². The molecule has 6 heteroatoms. The Labute approximate surface area is 139 Å². The molecule has 2 atom stereocenters. The molecule has 1 aliphatic carbocycles. The van der Waals surface area contributed by atoms with Gasteiger partial charge in [0.2, 0.25) is 5.91 Å². The van der Waals surface area contributed by atoms with E-state index in [0.29, 0.717) is 35.9 Å². The molecule has 0 unspecified atom stereocenters. The lowest BCUT2D eigenvalue weighted by Crippen LogP contribution is -2.39. The summed E-state index contributed by atoms with van der Waals surface area (Å²) in [6, 6.07) is 5.23. The molecule has 2 rings (SSSR count). The second kappa shape index (κ2) is 7.65. The van der Waals surface area contributed by atoms with E-state index in [9.17, 15) is 14.7 Å². The number of carboxylic acid groups (broad SMARTS) is 1. The van der Waals surface area contributed by atoms with E-state index in [1.807, 2.05) is 18.2 Å². The topological polar surface area (TPSA) is 66.4 Å². The molecule has 0 aliphatic heterocycles. The van der Waals surface area contributed by atoms with Gasteiger partial charge in [-0.3, -0.25) is 9.59 Å². The number of nitrogens with one attached hydrogen (secondary N) is 1. The van der Waals surface area contributed by atoms with Gasteiger partial charge in [-0.05, 0) is 37.0 Å². The van der Waals surface area contributed by atoms with E-state index in [1.165, 1.54) is 0 Å². The minimum Gasteiger partial charge on any atom is -0.481 e. The highest BCUT2D eigenvalue weighted by atomic mass is 35.5. The van der Waals surface area contributed by atoms with Crippen LogP contribution in [0.5, 0.6) is 0 Å². The summed E-state index contributed by atoms with van der Waals surface area (Å²) in [5.74, 6) is -2.31. The Hall–Kier alpha value is -1.52. The molecule has 1 aliphatic rings. The van der Waals surface area contributed by atoms with E-state index in [2.05, 4.69) is 5.32 Å². The first kappa shape index (κ1) is 16.8. The third kappa shape index (κ3) is 4.24. The molecule has 0 aromatic heterocycles. The van der Waals surface area contributed by atoms with Crippen molar-refractivity contribution in [2.75, 3.05) is 6.54 Å². The smallest absolute Gasteiger partial charge is 0.307 e. The highest BCUT2D eigenvalue weighted by Gasteiger charge is 2.33. The van der Waals surface area contributed by atoms with Crippen LogP contribution in [0.25, 0.3) is 0 Å². The molecule has 0 radical (unpaired) electrons. The predicted molar refractivity (Wildman–Crippen MR) is 86.2 cm³/mol. The van der Waals surface area contributed by atoms with Gasteiger partial charge in [0.15, 0.2) is 0 Å². The maximum Gasteiger partial charge on any atom is 0.307 e. The summed E-state index contributed by atoms with van der Waals surface area (Å²) in [4.78, 5) is 23.4. The fourth-order valence-corrected chi connectivity index (χ4v) is 3.06. The summed E-state index contributed by atoms with van der Waals surface area (Å²) in [7, 11) is 0. The molecule has 4 nitrogen and oxygen atoms in total. The summed E-state index contributed by atoms with van der Waals surface area (Å²) in [5, 5.41) is 13.1. The molecule has 1 amide bonds. The second-order valence-electron chi connectivity index (χ2n) is 5.27. The van der Waals surface area contributed by atoms with Crippen molar-refractivity contribution < 1.29 is 14.7 Å². The van der Waals surface area contributed by atoms with Gasteiger partial charge in [-0.15, -0.1) is 0 Å². The summed E-state index contributed by atoms with van der Waals surface area (Å²) in [6.45, 7) is 0.409. The maximum atomic E-state index is 12.2. The fraction of sp³-hybridized carbons (Fsp3) is 0.375. The molecule has 0 heterocycles. The zero-order valence-electron chi connectivity index (χ0n) is 11.9. The first-order valence-corrected chi connectivity index (χ1v) is 7.84. The Morgan fingerprint density at radius 3 is 2.50 bits per heavy atom. The van der Waals surface area contributed by atoms with Gasteiger partial charge in [-0.25, -0.2) is 0 Å². The predicted octanol–water partition coefficient (Wildman–Crippen LogP) is 3.32. The molecule has 1 aromatic carbocycles. The normalized spacial score (nSPS) is 20.6. The molecule has 2 N–H and O–H groups in total. The standard InChI is InChI=1S/C16H17Cl2NO3/c17-11-6-5-10(14(18)9-11)7-8-19-15(20)12-3-1-2-4-13(12)16(21)22/h1-2,5-6,9,12-13H,3-4,7-8H2,(H,19,20)(H,21,22)/t12-,13-/m0/s1. The monoisotopic (exact) mass is 341 g/mol. The van der Waals surface area contributed by atoms with E-state index in [1.54, 1.807) is 12.1 Å². The zero-order valence-corrected chi connectivity index (χ0v) is 13.4. The number of aliphatic carboxylic acids is 1. The lowest BCUT2D eigenvalue weighted by atomic mass is 9.82. The number of carbonyl (C=O) groups excluding carboxylic acids is 1. The van der Waals surface area contributed by atoms with Gasteiger partial charge in [0.25, 0.3) is 0 Å². The number of benzene rings is 1. The van der Waals surface area contributed by atoms with Crippen LogP contribution < -0.4 is 5.32 Å². The summed E-state index contributed by atoms with van der Waals surface area (Å²) >= 11 is 11.9. The average molecular weight is 342 g/mol. The number of carbonyl (C=O) groups is 2. The van der Waals surface area contributed by atoms with Crippen LogP contribution in [0.2, 0.25) is 10.0 Å².